The van der Waals surface area contributed by atoms with Crippen LogP contribution in [-0.2, 0) is 11.3 Å². The van der Waals surface area contributed by atoms with Crippen LogP contribution in [0.2, 0.25) is 0 Å². The molecule has 0 saturated carbocycles. The fraction of sp³-hybridized carbons (Fsp3) is 0.238. The summed E-state index contributed by atoms with van der Waals surface area (Å²) in [6.45, 7) is 1.35. The highest BCUT2D eigenvalue weighted by Gasteiger charge is 2.19. The van der Waals surface area contributed by atoms with Crippen LogP contribution in [0.3, 0.4) is 0 Å². The molecule has 1 aromatic heterocycles. The van der Waals surface area contributed by atoms with Gasteiger partial charge in [0.1, 0.15) is 5.82 Å². The Morgan fingerprint density at radius 1 is 1.11 bits per heavy atom. The Hall–Kier alpha value is -2.99. The molecule has 1 heterocycles. The molecule has 0 saturated heterocycles. The van der Waals surface area contributed by atoms with Gasteiger partial charge in [0.25, 0.3) is 11.5 Å². The standard InChI is InChI=1S/C21H21FN2O3/c1-27-12-4-11-24(14-15-7-9-16(22)10-8-15)21(26)19-13-23-20(25)18-6-3-2-5-17(18)19/h2-3,5-10,13H,4,11-12,14H2,1H3,(H,23,25). The fourth-order valence-electron chi connectivity index (χ4n) is 3.02. The van der Waals surface area contributed by atoms with Crippen molar-refractivity contribution in [2.45, 2.75) is 13.0 Å². The topological polar surface area (TPSA) is 62.4 Å². The number of carbonyl (C=O) groups is 1. The summed E-state index contributed by atoms with van der Waals surface area (Å²) in [6.07, 6.45) is 2.13. The van der Waals surface area contributed by atoms with E-state index in [1.54, 1.807) is 48.4 Å². The Morgan fingerprint density at radius 3 is 2.52 bits per heavy atom. The van der Waals surface area contributed by atoms with E-state index in [2.05, 4.69) is 4.98 Å². The molecular formula is C21H21FN2O3. The Bertz CT molecular complexity index is 983. The van der Waals surface area contributed by atoms with Gasteiger partial charge in [-0.25, -0.2) is 4.39 Å². The SMILES string of the molecule is COCCCN(Cc1ccc(F)cc1)C(=O)c1c[nH]c(=O)c2ccccc12. The minimum atomic E-state index is -0.317. The predicted octanol–water partition coefficient (Wildman–Crippen LogP) is 3.35. The number of fused-ring (bicyclic) bond motifs is 1. The van der Waals surface area contributed by atoms with E-state index in [0.29, 0.717) is 42.5 Å². The highest BCUT2D eigenvalue weighted by atomic mass is 19.1. The second kappa shape index (κ2) is 8.60. The summed E-state index contributed by atoms with van der Waals surface area (Å²) in [5.74, 6) is -0.509. The maximum absolute atomic E-state index is 13.2. The highest BCUT2D eigenvalue weighted by molar-refractivity contribution is 6.06. The second-order valence-electron chi connectivity index (χ2n) is 6.28. The summed E-state index contributed by atoms with van der Waals surface area (Å²) >= 11 is 0. The number of methoxy groups -OCH3 is 1. The third kappa shape index (κ3) is 4.41. The van der Waals surface area contributed by atoms with Crippen molar-refractivity contribution in [2.24, 2.45) is 0 Å². The fourth-order valence-corrected chi connectivity index (χ4v) is 3.02. The summed E-state index contributed by atoms with van der Waals surface area (Å²) < 4.78 is 18.3. The number of aromatic nitrogens is 1. The molecular weight excluding hydrogens is 347 g/mol. The van der Waals surface area contributed by atoms with Crippen LogP contribution in [0.5, 0.6) is 0 Å². The molecule has 0 aliphatic carbocycles. The normalized spacial score (nSPS) is 10.9. The van der Waals surface area contributed by atoms with Gasteiger partial charge >= 0.3 is 0 Å². The van der Waals surface area contributed by atoms with Crippen molar-refractivity contribution in [1.29, 1.82) is 0 Å². The van der Waals surface area contributed by atoms with Gasteiger partial charge in [0.15, 0.2) is 0 Å². The van der Waals surface area contributed by atoms with E-state index in [4.69, 9.17) is 4.74 Å². The Balaban J connectivity index is 1.93. The number of benzene rings is 2. The number of hydrogen-bond acceptors (Lipinski definition) is 3. The van der Waals surface area contributed by atoms with Crippen molar-refractivity contribution in [3.8, 4) is 0 Å². The van der Waals surface area contributed by atoms with Crippen LogP contribution in [0, 0.1) is 5.82 Å². The Kier molecular flexibility index (Phi) is 5.98. The third-order valence-electron chi connectivity index (χ3n) is 4.39. The zero-order valence-corrected chi connectivity index (χ0v) is 15.1. The van der Waals surface area contributed by atoms with Crippen molar-refractivity contribution in [1.82, 2.24) is 9.88 Å². The molecule has 140 valence electrons. The number of carbonyl (C=O) groups excluding carboxylic acids is 1. The first-order valence-electron chi connectivity index (χ1n) is 8.73. The summed E-state index contributed by atoms with van der Waals surface area (Å²) in [7, 11) is 1.61. The molecule has 1 N–H and O–H groups in total. The molecule has 0 unspecified atom stereocenters. The van der Waals surface area contributed by atoms with Crippen LogP contribution in [0.4, 0.5) is 4.39 Å². The summed E-state index contributed by atoms with van der Waals surface area (Å²) in [5, 5.41) is 1.09. The Labute approximate surface area is 156 Å². The van der Waals surface area contributed by atoms with Gasteiger partial charge in [-0.1, -0.05) is 30.3 Å². The number of ether oxygens (including phenoxy) is 1. The lowest BCUT2D eigenvalue weighted by Crippen LogP contribution is -2.32. The van der Waals surface area contributed by atoms with E-state index < -0.39 is 0 Å². The molecule has 27 heavy (non-hydrogen) atoms. The number of nitrogens with one attached hydrogen (secondary N) is 1. The maximum Gasteiger partial charge on any atom is 0.256 e. The van der Waals surface area contributed by atoms with Gasteiger partial charge in [-0.05, 0) is 30.2 Å². The van der Waals surface area contributed by atoms with Crippen LogP contribution in [-0.4, -0.2) is 36.1 Å². The van der Waals surface area contributed by atoms with Crippen molar-refractivity contribution < 1.29 is 13.9 Å². The first kappa shape index (κ1) is 18.8. The Morgan fingerprint density at radius 2 is 1.81 bits per heavy atom. The molecule has 0 bridgehead atoms. The number of H-pyrrole nitrogens is 1. The van der Waals surface area contributed by atoms with Crippen LogP contribution < -0.4 is 5.56 Å². The van der Waals surface area contributed by atoms with Crippen LogP contribution >= 0.6 is 0 Å². The number of pyridine rings is 1. The average molecular weight is 368 g/mol. The molecule has 0 aliphatic rings. The zero-order chi connectivity index (χ0) is 19.2. The lowest BCUT2D eigenvalue weighted by molar-refractivity contribution is 0.0725. The van der Waals surface area contributed by atoms with Gasteiger partial charge in [0, 0.05) is 43.8 Å². The number of nitrogens with zero attached hydrogens (tertiary/aromatic N) is 1. The van der Waals surface area contributed by atoms with Crippen molar-refractivity contribution in [3.63, 3.8) is 0 Å². The number of halogens is 1. The molecule has 3 rings (SSSR count). The molecule has 0 spiro atoms. The first-order valence-corrected chi connectivity index (χ1v) is 8.73. The van der Waals surface area contributed by atoms with Crippen molar-refractivity contribution >= 4 is 16.7 Å². The van der Waals surface area contributed by atoms with Crippen molar-refractivity contribution in [3.05, 3.63) is 82.0 Å². The molecule has 3 aromatic rings. The molecule has 6 heteroatoms. The maximum atomic E-state index is 13.2. The molecule has 1 amide bonds. The van der Waals surface area contributed by atoms with Gasteiger partial charge in [0.05, 0.1) is 5.56 Å². The lowest BCUT2D eigenvalue weighted by Gasteiger charge is -2.23. The minimum Gasteiger partial charge on any atom is -0.385 e. The number of rotatable bonds is 7. The average Bonchev–Trinajstić information content (AvgIpc) is 2.69. The quantitative estimate of drug-likeness (QED) is 0.651. The number of hydrogen-bond donors (Lipinski definition) is 1. The van der Waals surface area contributed by atoms with E-state index in [-0.39, 0.29) is 17.3 Å². The van der Waals surface area contributed by atoms with E-state index in [0.717, 1.165) is 5.56 Å². The monoisotopic (exact) mass is 368 g/mol. The van der Waals surface area contributed by atoms with Crippen molar-refractivity contribution in [2.75, 3.05) is 20.3 Å². The molecule has 0 atom stereocenters. The smallest absolute Gasteiger partial charge is 0.256 e. The predicted molar refractivity (Wildman–Crippen MR) is 102 cm³/mol. The van der Waals surface area contributed by atoms with Gasteiger partial charge < -0.3 is 14.6 Å². The van der Waals surface area contributed by atoms with Crippen LogP contribution in [0.25, 0.3) is 10.8 Å². The van der Waals surface area contributed by atoms with Crippen LogP contribution in [0.15, 0.2) is 59.5 Å². The van der Waals surface area contributed by atoms with E-state index in [1.807, 2.05) is 0 Å². The molecule has 5 nitrogen and oxygen atoms in total. The first-order chi connectivity index (χ1) is 13.1. The van der Waals surface area contributed by atoms with E-state index >= 15 is 0 Å². The largest absolute Gasteiger partial charge is 0.385 e. The van der Waals surface area contributed by atoms with Gasteiger partial charge in [-0.2, -0.15) is 0 Å². The summed E-state index contributed by atoms with van der Waals surface area (Å²) in [4.78, 5) is 29.6. The molecule has 0 aliphatic heterocycles. The van der Waals surface area contributed by atoms with Crippen LogP contribution in [0.1, 0.15) is 22.3 Å². The van der Waals surface area contributed by atoms with E-state index in [9.17, 15) is 14.0 Å². The second-order valence-corrected chi connectivity index (χ2v) is 6.28. The molecule has 0 radical (unpaired) electrons. The van der Waals surface area contributed by atoms with Gasteiger partial charge in [-0.15, -0.1) is 0 Å². The highest BCUT2D eigenvalue weighted by Crippen LogP contribution is 2.18. The number of amides is 1. The van der Waals surface area contributed by atoms with Gasteiger partial charge in [0.2, 0.25) is 0 Å². The third-order valence-corrected chi connectivity index (χ3v) is 4.39. The molecule has 0 fully saturated rings. The lowest BCUT2D eigenvalue weighted by atomic mass is 10.1. The van der Waals surface area contributed by atoms with E-state index in [1.165, 1.54) is 18.3 Å². The minimum absolute atomic E-state index is 0.192. The summed E-state index contributed by atoms with van der Waals surface area (Å²) in [6, 6.07) is 13.1. The number of aromatic amines is 1. The zero-order valence-electron chi connectivity index (χ0n) is 15.1. The molecule has 2 aromatic carbocycles. The van der Waals surface area contributed by atoms with Gasteiger partial charge in [-0.3, -0.25) is 9.59 Å². The summed E-state index contributed by atoms with van der Waals surface area (Å²) in [5.41, 5.74) is 1.03.